The molecule has 0 aromatic heterocycles. The number of aliphatic hydroxyl groups is 17. The standard InChI is InChI=1S/C61H109NO21/c1-32-15-10-11-19-47(70)38(7)55(75)33(2)16-12-17-35(4)60(80)81-51(37(6)46(69)20-14-24-62)21-13-18-41(64)26-42(65)28-48(71)39(8)56(76)40(9)49(72)29-43(66)27-44(67)30-50(73)52(25-36(5)54(74)34(3)22-23-45(32)68)82-61-59(79)58(78)57(77)53(31-63)83-61/h10,13,15,17-18,22-23,25,32-34,37-59,61,63-79H,11-12,14,16,19-21,24,26-31,62H2,1-9H3/t32-,33-,34+,37+,38+,39-,40+,41-,42-,43-,44+,45+,46-,47-,48+,49+,50+,51-,52-,53-,54+,55+,56+,57-,58+,59+,61+/m1/s1. The number of cyclic esters (lactones) is 1. The van der Waals surface area contributed by atoms with Crippen LogP contribution in [0.4, 0.5) is 0 Å². The van der Waals surface area contributed by atoms with E-state index in [-0.39, 0.29) is 37.2 Å². The number of allylic oxidation sites excluding steroid dienone is 2. The fourth-order valence-corrected chi connectivity index (χ4v) is 10.5. The van der Waals surface area contributed by atoms with E-state index in [4.69, 9.17) is 19.9 Å². The lowest BCUT2D eigenvalue weighted by molar-refractivity contribution is -0.313. The number of aliphatic hydroxyl groups excluding tert-OH is 17. The van der Waals surface area contributed by atoms with Gasteiger partial charge in [0.1, 0.15) is 36.6 Å². The number of hydrogen-bond donors (Lipinski definition) is 18. The van der Waals surface area contributed by atoms with Crippen LogP contribution in [0.2, 0.25) is 0 Å². The van der Waals surface area contributed by atoms with Crippen LogP contribution < -0.4 is 5.73 Å². The minimum atomic E-state index is -1.88. The summed E-state index contributed by atoms with van der Waals surface area (Å²) in [5, 5.41) is 186. The molecule has 27 atom stereocenters. The Morgan fingerprint density at radius 2 is 1.22 bits per heavy atom. The lowest BCUT2D eigenvalue weighted by Crippen LogP contribution is -2.60. The Kier molecular flexibility index (Phi) is 35.6. The van der Waals surface area contributed by atoms with Gasteiger partial charge in [0.25, 0.3) is 0 Å². The van der Waals surface area contributed by atoms with Crippen molar-refractivity contribution in [2.45, 2.75) is 262 Å². The maximum atomic E-state index is 13.4. The van der Waals surface area contributed by atoms with Gasteiger partial charge in [0.2, 0.25) is 0 Å². The Bertz CT molecular complexity index is 1960. The van der Waals surface area contributed by atoms with Crippen molar-refractivity contribution in [3.8, 4) is 0 Å². The van der Waals surface area contributed by atoms with Crippen LogP contribution in [0.15, 0.2) is 59.8 Å². The molecule has 0 unspecified atom stereocenters. The van der Waals surface area contributed by atoms with Gasteiger partial charge in [-0.15, -0.1) is 0 Å². The van der Waals surface area contributed by atoms with Crippen LogP contribution >= 0.6 is 0 Å². The van der Waals surface area contributed by atoms with E-state index in [2.05, 4.69) is 0 Å². The first-order chi connectivity index (χ1) is 38.9. The van der Waals surface area contributed by atoms with Gasteiger partial charge in [0, 0.05) is 60.3 Å². The van der Waals surface area contributed by atoms with Crippen molar-refractivity contribution in [1.82, 2.24) is 0 Å². The summed E-state index contributed by atoms with van der Waals surface area (Å²) < 4.78 is 17.4. The predicted octanol–water partition coefficient (Wildman–Crippen LogP) is 0.442. The Labute approximate surface area is 492 Å². The molecule has 1 fully saturated rings. The SMILES string of the molecule is CC1=CCC[C@@H](C)[C@H](O)[C@@H](C)[C@H](O)CCC=C[C@@H](C)[C@@H](O)C=C[C@H](C)[C@H](O)C(C)=C[C@@H](O[C@H]2O[C@H](CO)[C@@H](O)[C@H](O)[C@@H]2O)[C@@H](O)C[C@@H](O)C[C@@H](O)C[C@H](O)[C@H](C)[C@@H](O)[C@H](C)[C@@H](O)C[C@H](O)C[C@H](O)C=CC[C@H]([C@@H](C)[C@H](O)CCCN)OC1=O. The second kappa shape index (κ2) is 38.6. The topological polar surface area (TPSA) is 415 Å². The molecule has 0 spiro atoms. The number of esters is 1. The van der Waals surface area contributed by atoms with E-state index >= 15 is 0 Å². The summed E-state index contributed by atoms with van der Waals surface area (Å²) in [7, 11) is 0. The molecule has 19 N–H and O–H groups in total. The molecular weight excluding hydrogens is 1080 g/mol. The van der Waals surface area contributed by atoms with Gasteiger partial charge in [-0.05, 0) is 89.7 Å². The highest BCUT2D eigenvalue weighted by molar-refractivity contribution is 5.87. The number of carbonyl (C=O) groups is 1. The van der Waals surface area contributed by atoms with E-state index in [1.807, 2.05) is 13.0 Å². The maximum absolute atomic E-state index is 13.4. The molecule has 0 aromatic carbocycles. The molecule has 2 rings (SSSR count). The molecule has 2 aliphatic rings. The molecule has 2 aliphatic heterocycles. The quantitative estimate of drug-likeness (QED) is 0.116. The number of hydrogen-bond acceptors (Lipinski definition) is 22. The highest BCUT2D eigenvalue weighted by Crippen LogP contribution is 2.30. The third kappa shape index (κ3) is 25.9. The van der Waals surface area contributed by atoms with Crippen LogP contribution in [0.5, 0.6) is 0 Å². The minimum absolute atomic E-state index is 0.0959. The Morgan fingerprint density at radius 3 is 1.81 bits per heavy atom. The summed E-state index contributed by atoms with van der Waals surface area (Å²) >= 11 is 0. The summed E-state index contributed by atoms with van der Waals surface area (Å²) in [6, 6.07) is 0. The average Bonchev–Trinajstić information content (AvgIpc) is 3.63. The van der Waals surface area contributed by atoms with Crippen molar-refractivity contribution in [1.29, 1.82) is 0 Å². The molecule has 0 aliphatic carbocycles. The van der Waals surface area contributed by atoms with Crippen molar-refractivity contribution in [3.05, 3.63) is 59.8 Å². The summed E-state index contributed by atoms with van der Waals surface area (Å²) in [5.41, 5.74) is 6.22. The summed E-state index contributed by atoms with van der Waals surface area (Å²) in [6.45, 7) is 14.5. The molecule has 0 bridgehead atoms. The van der Waals surface area contributed by atoms with E-state index in [0.717, 1.165) is 0 Å². The molecule has 22 heteroatoms. The largest absolute Gasteiger partial charge is 0.458 e. The second-order valence-corrected chi connectivity index (χ2v) is 24.2. The third-order valence-electron chi connectivity index (χ3n) is 17.0. The van der Waals surface area contributed by atoms with Gasteiger partial charge in [-0.2, -0.15) is 0 Å². The number of nitrogens with two attached hydrogens (primary N) is 1. The van der Waals surface area contributed by atoms with Gasteiger partial charge >= 0.3 is 5.97 Å². The van der Waals surface area contributed by atoms with E-state index < -0.39 is 183 Å². The molecule has 22 nitrogen and oxygen atoms in total. The predicted molar refractivity (Wildman–Crippen MR) is 310 cm³/mol. The lowest BCUT2D eigenvalue weighted by Gasteiger charge is -2.41. The van der Waals surface area contributed by atoms with Gasteiger partial charge < -0.3 is 107 Å². The first-order valence-electron chi connectivity index (χ1n) is 29.9. The van der Waals surface area contributed by atoms with Gasteiger partial charge in [-0.25, -0.2) is 4.79 Å². The second-order valence-electron chi connectivity index (χ2n) is 24.2. The van der Waals surface area contributed by atoms with Gasteiger partial charge in [0.05, 0.1) is 86.0 Å². The Hall–Kier alpha value is -2.63. The van der Waals surface area contributed by atoms with Crippen LogP contribution in [0.1, 0.15) is 139 Å². The van der Waals surface area contributed by atoms with Gasteiger partial charge in [0.15, 0.2) is 6.29 Å². The van der Waals surface area contributed by atoms with Crippen LogP contribution in [0, 0.1) is 41.4 Å². The first kappa shape index (κ1) is 76.5. The fraction of sp³-hybridized carbons (Fsp3) is 0.820. The molecule has 0 radical (unpaired) electrons. The molecule has 2 heterocycles. The Balaban J connectivity index is 2.45. The zero-order valence-corrected chi connectivity index (χ0v) is 50.4. The van der Waals surface area contributed by atoms with Crippen LogP contribution in [-0.2, 0) is 19.0 Å². The first-order valence-corrected chi connectivity index (χ1v) is 29.9. The molecule has 484 valence electrons. The highest BCUT2D eigenvalue weighted by atomic mass is 16.7. The molecule has 0 aromatic rings. The van der Waals surface area contributed by atoms with Crippen LogP contribution in [0.3, 0.4) is 0 Å². The van der Waals surface area contributed by atoms with E-state index in [1.54, 1.807) is 58.9 Å². The van der Waals surface area contributed by atoms with E-state index in [9.17, 15) is 91.6 Å². The smallest absolute Gasteiger partial charge is 0.333 e. The molecule has 1 saturated heterocycles. The third-order valence-corrected chi connectivity index (χ3v) is 17.0. The average molecular weight is 1190 g/mol. The number of carbonyl (C=O) groups excluding carboxylic acids is 1. The van der Waals surface area contributed by atoms with E-state index in [0.29, 0.717) is 50.6 Å². The van der Waals surface area contributed by atoms with Gasteiger partial charge in [-0.1, -0.05) is 97.1 Å². The molecule has 83 heavy (non-hydrogen) atoms. The number of ether oxygens (including phenoxy) is 3. The van der Waals surface area contributed by atoms with E-state index in [1.165, 1.54) is 39.0 Å². The normalized spacial score (nSPS) is 41.8. The number of rotatable bonds is 8. The fourth-order valence-electron chi connectivity index (χ4n) is 10.5. The Morgan fingerprint density at radius 1 is 0.639 bits per heavy atom. The van der Waals surface area contributed by atoms with Gasteiger partial charge in [-0.3, -0.25) is 0 Å². The van der Waals surface area contributed by atoms with Crippen molar-refractivity contribution in [2.24, 2.45) is 47.2 Å². The van der Waals surface area contributed by atoms with Crippen molar-refractivity contribution in [2.75, 3.05) is 13.2 Å². The summed E-state index contributed by atoms with van der Waals surface area (Å²) in [4.78, 5) is 13.4. The zero-order valence-electron chi connectivity index (χ0n) is 50.4. The summed E-state index contributed by atoms with van der Waals surface area (Å²) in [5.74, 6) is -4.84. The molecule has 0 saturated carbocycles. The summed E-state index contributed by atoms with van der Waals surface area (Å²) in [6.07, 6.45) is -13.2. The zero-order chi connectivity index (χ0) is 63.0. The molecule has 0 amide bonds. The van der Waals surface area contributed by atoms with Crippen molar-refractivity contribution < 1.29 is 106 Å². The van der Waals surface area contributed by atoms with Crippen LogP contribution in [-0.4, -0.2) is 228 Å². The molecular formula is C61H109NO21. The van der Waals surface area contributed by atoms with Crippen molar-refractivity contribution in [3.63, 3.8) is 0 Å². The lowest BCUT2D eigenvalue weighted by atomic mass is 9.82. The highest BCUT2D eigenvalue weighted by Gasteiger charge is 2.46. The minimum Gasteiger partial charge on any atom is -0.458 e. The monoisotopic (exact) mass is 1190 g/mol. The van der Waals surface area contributed by atoms with Crippen LogP contribution in [0.25, 0.3) is 0 Å². The van der Waals surface area contributed by atoms with Crippen molar-refractivity contribution >= 4 is 5.97 Å². The maximum Gasteiger partial charge on any atom is 0.333 e.